The van der Waals surface area contributed by atoms with E-state index in [0.29, 0.717) is 0 Å². The van der Waals surface area contributed by atoms with E-state index in [0.717, 1.165) is 19.5 Å². The Bertz CT molecular complexity index is 62.3. The first-order valence-electron chi connectivity index (χ1n) is 2.73. The van der Waals surface area contributed by atoms with E-state index in [1.54, 1.807) is 0 Å². The lowest BCUT2D eigenvalue weighted by Gasteiger charge is -2.24. The molecule has 0 unspecified atom stereocenters. The van der Waals surface area contributed by atoms with Crippen LogP contribution in [0.3, 0.4) is 0 Å². The van der Waals surface area contributed by atoms with Crippen LogP contribution in [-0.2, 0) is 0 Å². The molecule has 0 aliphatic carbocycles. The molecule has 1 aliphatic heterocycles. The molecule has 0 aromatic carbocycles. The second-order valence-electron chi connectivity index (χ2n) is 1.78. The predicted octanol–water partition coefficient (Wildman–Crippen LogP) is -0.372. The zero-order chi connectivity index (χ0) is 5.82. The number of rotatable bonds is 1. The van der Waals surface area contributed by atoms with Gasteiger partial charge in [-0.05, 0) is 6.42 Å². The fraction of sp³-hybridized carbons (Fsp3) is 1.00. The molecular formula is C4H10FN3. The van der Waals surface area contributed by atoms with Crippen molar-refractivity contribution in [3.8, 4) is 0 Å². The van der Waals surface area contributed by atoms with Crippen molar-refractivity contribution in [2.45, 2.75) is 6.42 Å². The lowest BCUT2D eigenvalue weighted by Crippen LogP contribution is -2.52. The molecule has 1 saturated heterocycles. The SMILES string of the molecule is FCN1CCCNN1. The summed E-state index contributed by atoms with van der Waals surface area (Å²) in [5, 5.41) is 1.49. The van der Waals surface area contributed by atoms with Crippen LogP contribution in [0.5, 0.6) is 0 Å². The minimum Gasteiger partial charge on any atom is -0.244 e. The Morgan fingerprint density at radius 1 is 1.62 bits per heavy atom. The standard InChI is InChI=1S/C4H10FN3/c5-4-8-3-1-2-6-7-8/h6-7H,1-4H2. The smallest absolute Gasteiger partial charge is 0.156 e. The van der Waals surface area contributed by atoms with E-state index in [9.17, 15) is 4.39 Å². The molecule has 4 heteroatoms. The van der Waals surface area contributed by atoms with E-state index in [2.05, 4.69) is 11.0 Å². The number of hydrazine groups is 2. The minimum absolute atomic E-state index is 0.424. The van der Waals surface area contributed by atoms with Crippen molar-refractivity contribution >= 4 is 0 Å². The Hall–Kier alpha value is -0.190. The van der Waals surface area contributed by atoms with Crippen LogP contribution in [0.15, 0.2) is 0 Å². The molecule has 0 amide bonds. The van der Waals surface area contributed by atoms with Gasteiger partial charge in [0.05, 0.1) is 0 Å². The van der Waals surface area contributed by atoms with Gasteiger partial charge < -0.3 is 0 Å². The van der Waals surface area contributed by atoms with E-state index in [1.165, 1.54) is 5.01 Å². The van der Waals surface area contributed by atoms with Gasteiger partial charge in [-0.2, -0.15) is 5.53 Å². The normalized spacial score (nSPS) is 23.6. The Labute approximate surface area is 47.8 Å². The number of nitrogens with one attached hydrogen (secondary N) is 2. The summed E-state index contributed by atoms with van der Waals surface area (Å²) in [6, 6.07) is 0. The van der Waals surface area contributed by atoms with Crippen molar-refractivity contribution in [2.24, 2.45) is 0 Å². The third-order valence-electron chi connectivity index (χ3n) is 1.11. The van der Waals surface area contributed by atoms with Crippen LogP contribution in [-0.4, -0.2) is 24.9 Å². The van der Waals surface area contributed by atoms with Crippen LogP contribution in [0.2, 0.25) is 0 Å². The van der Waals surface area contributed by atoms with E-state index in [4.69, 9.17) is 0 Å². The molecule has 1 heterocycles. The molecule has 1 aliphatic rings. The Kier molecular flexibility index (Phi) is 2.20. The van der Waals surface area contributed by atoms with Gasteiger partial charge in [0, 0.05) is 13.1 Å². The van der Waals surface area contributed by atoms with E-state index < -0.39 is 6.80 Å². The first-order valence-corrected chi connectivity index (χ1v) is 2.73. The van der Waals surface area contributed by atoms with E-state index in [-0.39, 0.29) is 0 Å². The molecule has 0 bridgehead atoms. The summed E-state index contributed by atoms with van der Waals surface area (Å²) in [6.07, 6.45) is 1.01. The van der Waals surface area contributed by atoms with Crippen LogP contribution in [0, 0.1) is 0 Å². The summed E-state index contributed by atoms with van der Waals surface area (Å²) in [5.74, 6) is 0. The van der Waals surface area contributed by atoms with Crippen molar-refractivity contribution in [1.29, 1.82) is 0 Å². The quantitative estimate of drug-likeness (QED) is 0.461. The maximum Gasteiger partial charge on any atom is 0.156 e. The van der Waals surface area contributed by atoms with Crippen LogP contribution in [0.25, 0.3) is 0 Å². The first kappa shape index (κ1) is 5.94. The second kappa shape index (κ2) is 2.96. The van der Waals surface area contributed by atoms with Gasteiger partial charge in [0.2, 0.25) is 0 Å². The molecule has 0 radical (unpaired) electrons. The topological polar surface area (TPSA) is 27.3 Å². The average Bonchev–Trinajstić information content (AvgIpc) is 1.90. The Balaban J connectivity index is 2.13. The molecular weight excluding hydrogens is 109 g/mol. The van der Waals surface area contributed by atoms with Crippen LogP contribution in [0.1, 0.15) is 6.42 Å². The van der Waals surface area contributed by atoms with Crippen molar-refractivity contribution in [3.63, 3.8) is 0 Å². The average molecular weight is 119 g/mol. The first-order chi connectivity index (χ1) is 3.93. The van der Waals surface area contributed by atoms with Crippen molar-refractivity contribution < 1.29 is 4.39 Å². The molecule has 0 atom stereocenters. The van der Waals surface area contributed by atoms with Gasteiger partial charge in [-0.3, -0.25) is 0 Å². The summed E-state index contributed by atoms with van der Waals surface area (Å²) < 4.78 is 11.7. The zero-order valence-electron chi connectivity index (χ0n) is 4.65. The molecule has 0 aromatic heterocycles. The molecule has 0 saturated carbocycles. The van der Waals surface area contributed by atoms with Crippen LogP contribution < -0.4 is 11.0 Å². The third kappa shape index (κ3) is 1.40. The van der Waals surface area contributed by atoms with Crippen molar-refractivity contribution in [3.05, 3.63) is 0 Å². The van der Waals surface area contributed by atoms with Gasteiger partial charge in [-0.15, -0.1) is 0 Å². The lowest BCUT2D eigenvalue weighted by molar-refractivity contribution is 0.0680. The van der Waals surface area contributed by atoms with Gasteiger partial charge in [-0.1, -0.05) is 0 Å². The summed E-state index contributed by atoms with van der Waals surface area (Å²) in [6.45, 7) is 1.30. The number of hydrogen-bond acceptors (Lipinski definition) is 3. The monoisotopic (exact) mass is 119 g/mol. The third-order valence-corrected chi connectivity index (χ3v) is 1.11. The Morgan fingerprint density at radius 2 is 2.50 bits per heavy atom. The van der Waals surface area contributed by atoms with Crippen LogP contribution in [0.4, 0.5) is 4.39 Å². The lowest BCUT2D eigenvalue weighted by atomic mass is 10.4. The second-order valence-corrected chi connectivity index (χ2v) is 1.78. The van der Waals surface area contributed by atoms with Gasteiger partial charge in [0.1, 0.15) is 0 Å². The molecule has 1 rings (SSSR count). The molecule has 2 N–H and O–H groups in total. The maximum atomic E-state index is 11.7. The van der Waals surface area contributed by atoms with E-state index >= 15 is 0 Å². The molecule has 48 valence electrons. The molecule has 0 spiro atoms. The highest BCUT2D eigenvalue weighted by atomic mass is 19.1. The molecule has 3 nitrogen and oxygen atoms in total. The number of hydrogen-bond donors (Lipinski definition) is 2. The molecule has 0 aromatic rings. The van der Waals surface area contributed by atoms with Crippen molar-refractivity contribution in [1.82, 2.24) is 16.0 Å². The summed E-state index contributed by atoms with van der Waals surface area (Å²) in [5.41, 5.74) is 5.50. The largest absolute Gasteiger partial charge is 0.244 e. The highest BCUT2D eigenvalue weighted by molar-refractivity contribution is 4.52. The number of nitrogens with zero attached hydrogens (tertiary/aromatic N) is 1. The predicted molar refractivity (Wildman–Crippen MR) is 28.4 cm³/mol. The highest BCUT2D eigenvalue weighted by Crippen LogP contribution is 1.89. The fourth-order valence-electron chi connectivity index (χ4n) is 0.672. The van der Waals surface area contributed by atoms with Gasteiger partial charge in [0.15, 0.2) is 6.80 Å². The number of alkyl halides is 1. The summed E-state index contributed by atoms with van der Waals surface area (Å²) in [4.78, 5) is 0. The van der Waals surface area contributed by atoms with E-state index in [1.807, 2.05) is 0 Å². The van der Waals surface area contributed by atoms with Crippen molar-refractivity contribution in [2.75, 3.05) is 19.9 Å². The number of halogens is 1. The summed E-state index contributed by atoms with van der Waals surface area (Å²) in [7, 11) is 0. The zero-order valence-corrected chi connectivity index (χ0v) is 4.65. The maximum absolute atomic E-state index is 11.7. The minimum atomic E-state index is -0.424. The molecule has 8 heavy (non-hydrogen) atoms. The Morgan fingerprint density at radius 3 is 2.88 bits per heavy atom. The van der Waals surface area contributed by atoms with Crippen LogP contribution >= 0.6 is 0 Å². The van der Waals surface area contributed by atoms with Gasteiger partial charge >= 0.3 is 0 Å². The summed E-state index contributed by atoms with van der Waals surface area (Å²) >= 11 is 0. The fourth-order valence-corrected chi connectivity index (χ4v) is 0.672. The molecule has 1 fully saturated rings. The van der Waals surface area contributed by atoms with Gasteiger partial charge in [0.25, 0.3) is 0 Å². The highest BCUT2D eigenvalue weighted by Gasteiger charge is 2.05. The van der Waals surface area contributed by atoms with Gasteiger partial charge in [-0.25, -0.2) is 14.8 Å².